The van der Waals surface area contributed by atoms with Gasteiger partial charge in [0.05, 0.1) is 12.8 Å². The minimum atomic E-state index is -1.01. The molecule has 1 amide bonds. The summed E-state index contributed by atoms with van der Waals surface area (Å²) in [6.07, 6.45) is 1.22. The zero-order valence-corrected chi connectivity index (χ0v) is 9.14. The van der Waals surface area contributed by atoms with Gasteiger partial charge in [-0.15, -0.1) is 0 Å². The number of nitrogens with zero attached hydrogens (tertiary/aromatic N) is 1. The second-order valence-corrected chi connectivity index (χ2v) is 2.97. The molecular weight excluding hydrogens is 227 g/mol. The molecule has 0 bridgehead atoms. The van der Waals surface area contributed by atoms with E-state index in [1.165, 1.54) is 24.4 Å². The Morgan fingerprint density at radius 3 is 2.94 bits per heavy atom. The van der Waals surface area contributed by atoms with Crippen molar-refractivity contribution in [2.24, 2.45) is 5.10 Å². The lowest BCUT2D eigenvalue weighted by molar-refractivity contribution is -0.154. The van der Waals surface area contributed by atoms with E-state index in [0.717, 1.165) is 0 Å². The van der Waals surface area contributed by atoms with Crippen LogP contribution in [0.2, 0.25) is 0 Å². The number of hydrazone groups is 1. The minimum Gasteiger partial charge on any atom is -0.459 e. The van der Waals surface area contributed by atoms with Crippen molar-refractivity contribution in [2.75, 3.05) is 6.61 Å². The zero-order valence-electron chi connectivity index (χ0n) is 9.14. The van der Waals surface area contributed by atoms with Crippen LogP contribution in [0, 0.1) is 5.82 Å². The molecule has 17 heavy (non-hydrogen) atoms. The van der Waals surface area contributed by atoms with Crippen LogP contribution in [0.15, 0.2) is 29.4 Å². The highest BCUT2D eigenvalue weighted by Crippen LogP contribution is 1.99. The molecule has 1 rings (SSSR count). The SMILES string of the molecule is CCOC(=O)C(=O)NN=Cc1cccc(F)c1. The molecular formula is C11H11FN2O3. The second kappa shape index (κ2) is 6.37. The quantitative estimate of drug-likeness (QED) is 0.367. The van der Waals surface area contributed by atoms with E-state index in [-0.39, 0.29) is 6.61 Å². The largest absolute Gasteiger partial charge is 0.459 e. The molecule has 90 valence electrons. The van der Waals surface area contributed by atoms with Crippen LogP contribution in [-0.2, 0) is 14.3 Å². The van der Waals surface area contributed by atoms with Gasteiger partial charge in [-0.05, 0) is 24.6 Å². The van der Waals surface area contributed by atoms with Gasteiger partial charge < -0.3 is 4.74 Å². The van der Waals surface area contributed by atoms with E-state index in [4.69, 9.17) is 0 Å². The number of nitrogens with one attached hydrogen (secondary N) is 1. The Hall–Kier alpha value is -2.24. The standard InChI is InChI=1S/C11H11FN2O3/c1-2-17-11(16)10(15)14-13-7-8-4-3-5-9(12)6-8/h3-7H,2H2,1H3,(H,14,15). The second-order valence-electron chi connectivity index (χ2n) is 2.97. The van der Waals surface area contributed by atoms with Crippen molar-refractivity contribution >= 4 is 18.1 Å². The Labute approximate surface area is 97.3 Å². The normalized spacial score (nSPS) is 10.2. The fourth-order valence-electron chi connectivity index (χ4n) is 0.995. The van der Waals surface area contributed by atoms with Crippen LogP contribution in [0.1, 0.15) is 12.5 Å². The van der Waals surface area contributed by atoms with E-state index in [2.05, 4.69) is 9.84 Å². The van der Waals surface area contributed by atoms with Crippen molar-refractivity contribution in [3.05, 3.63) is 35.6 Å². The van der Waals surface area contributed by atoms with Gasteiger partial charge in [0, 0.05) is 0 Å². The fraction of sp³-hybridized carbons (Fsp3) is 0.182. The topological polar surface area (TPSA) is 67.8 Å². The number of carbonyl (C=O) groups excluding carboxylic acids is 2. The van der Waals surface area contributed by atoms with Crippen LogP contribution >= 0.6 is 0 Å². The summed E-state index contributed by atoms with van der Waals surface area (Å²) < 4.78 is 17.2. The number of esters is 1. The van der Waals surface area contributed by atoms with Gasteiger partial charge in [0.1, 0.15) is 5.82 Å². The number of benzene rings is 1. The van der Waals surface area contributed by atoms with Crippen LogP contribution in [0.3, 0.4) is 0 Å². The van der Waals surface area contributed by atoms with Gasteiger partial charge in [-0.25, -0.2) is 14.6 Å². The number of amides is 1. The predicted molar refractivity (Wildman–Crippen MR) is 58.8 cm³/mol. The summed E-state index contributed by atoms with van der Waals surface area (Å²) >= 11 is 0. The lowest BCUT2D eigenvalue weighted by Gasteiger charge is -1.99. The van der Waals surface area contributed by atoms with E-state index in [1.807, 2.05) is 5.43 Å². The third kappa shape index (κ3) is 4.42. The number of rotatable bonds is 3. The van der Waals surface area contributed by atoms with E-state index < -0.39 is 17.7 Å². The first kappa shape index (κ1) is 12.8. The third-order valence-electron chi connectivity index (χ3n) is 1.69. The molecule has 5 nitrogen and oxygen atoms in total. The van der Waals surface area contributed by atoms with Crippen LogP contribution in [0.5, 0.6) is 0 Å². The highest BCUT2D eigenvalue weighted by Gasteiger charge is 2.12. The van der Waals surface area contributed by atoms with Gasteiger partial charge >= 0.3 is 11.9 Å². The summed E-state index contributed by atoms with van der Waals surface area (Å²) in [5, 5.41) is 3.49. The number of halogens is 1. The third-order valence-corrected chi connectivity index (χ3v) is 1.69. The van der Waals surface area contributed by atoms with E-state index >= 15 is 0 Å². The van der Waals surface area contributed by atoms with Gasteiger partial charge in [0.25, 0.3) is 0 Å². The van der Waals surface area contributed by atoms with Gasteiger partial charge in [-0.2, -0.15) is 5.10 Å². The van der Waals surface area contributed by atoms with Crippen molar-refractivity contribution < 1.29 is 18.7 Å². The average Bonchev–Trinajstić information content (AvgIpc) is 2.29. The summed E-state index contributed by atoms with van der Waals surface area (Å²) in [5.41, 5.74) is 2.44. The Bertz CT molecular complexity index is 446. The molecule has 0 aliphatic rings. The van der Waals surface area contributed by atoms with Crippen LogP contribution < -0.4 is 5.43 Å². The molecule has 0 atom stereocenters. The molecule has 0 heterocycles. The van der Waals surface area contributed by atoms with Crippen molar-refractivity contribution in [1.29, 1.82) is 0 Å². The minimum absolute atomic E-state index is 0.111. The first-order chi connectivity index (χ1) is 8.13. The van der Waals surface area contributed by atoms with Crippen molar-refractivity contribution in [3.8, 4) is 0 Å². The Kier molecular flexibility index (Phi) is 4.80. The molecule has 1 aromatic rings. The van der Waals surface area contributed by atoms with Gasteiger partial charge in [-0.3, -0.25) is 4.79 Å². The highest BCUT2D eigenvalue weighted by atomic mass is 19.1. The van der Waals surface area contributed by atoms with Crippen LogP contribution in [0.4, 0.5) is 4.39 Å². The van der Waals surface area contributed by atoms with E-state index in [0.29, 0.717) is 5.56 Å². The smallest absolute Gasteiger partial charge is 0.398 e. The zero-order chi connectivity index (χ0) is 12.7. The first-order valence-corrected chi connectivity index (χ1v) is 4.89. The lowest BCUT2D eigenvalue weighted by atomic mass is 10.2. The molecule has 0 unspecified atom stereocenters. The van der Waals surface area contributed by atoms with E-state index in [9.17, 15) is 14.0 Å². The van der Waals surface area contributed by atoms with Gasteiger partial charge in [0.2, 0.25) is 0 Å². The molecule has 0 fully saturated rings. The Balaban J connectivity index is 2.50. The van der Waals surface area contributed by atoms with E-state index in [1.54, 1.807) is 13.0 Å². The first-order valence-electron chi connectivity index (χ1n) is 4.89. The summed E-state index contributed by atoms with van der Waals surface area (Å²) in [6.45, 7) is 1.70. The summed E-state index contributed by atoms with van der Waals surface area (Å²) in [6, 6.07) is 5.63. The van der Waals surface area contributed by atoms with Crippen molar-refractivity contribution in [3.63, 3.8) is 0 Å². The molecule has 0 saturated heterocycles. The van der Waals surface area contributed by atoms with Crippen LogP contribution in [-0.4, -0.2) is 24.7 Å². The Morgan fingerprint density at radius 1 is 1.53 bits per heavy atom. The summed E-state index contributed by atoms with van der Waals surface area (Å²) in [4.78, 5) is 21.9. The molecule has 1 N–H and O–H groups in total. The molecule has 0 saturated carbocycles. The maximum Gasteiger partial charge on any atom is 0.398 e. The predicted octanol–water partition coefficient (Wildman–Crippen LogP) is 0.839. The fourth-order valence-corrected chi connectivity index (χ4v) is 0.995. The molecule has 0 aromatic heterocycles. The molecule has 1 aromatic carbocycles. The monoisotopic (exact) mass is 238 g/mol. The molecule has 6 heteroatoms. The average molecular weight is 238 g/mol. The molecule has 0 radical (unpaired) electrons. The molecule has 0 spiro atoms. The molecule has 0 aliphatic heterocycles. The van der Waals surface area contributed by atoms with Gasteiger partial charge in [0.15, 0.2) is 0 Å². The number of carbonyl (C=O) groups is 2. The maximum absolute atomic E-state index is 12.8. The summed E-state index contributed by atoms with van der Waals surface area (Å²) in [7, 11) is 0. The van der Waals surface area contributed by atoms with Crippen LogP contribution in [0.25, 0.3) is 0 Å². The molecule has 0 aliphatic carbocycles. The van der Waals surface area contributed by atoms with Crippen molar-refractivity contribution in [2.45, 2.75) is 6.92 Å². The Morgan fingerprint density at radius 2 is 2.29 bits per heavy atom. The van der Waals surface area contributed by atoms with Crippen molar-refractivity contribution in [1.82, 2.24) is 5.43 Å². The number of ether oxygens (including phenoxy) is 1. The number of hydrogen-bond acceptors (Lipinski definition) is 4. The maximum atomic E-state index is 12.8. The highest BCUT2D eigenvalue weighted by molar-refractivity contribution is 6.32. The number of hydrogen-bond donors (Lipinski definition) is 1. The summed E-state index contributed by atoms with van der Waals surface area (Å²) in [5.74, 6) is -2.39. The lowest BCUT2D eigenvalue weighted by Crippen LogP contribution is -2.28. The van der Waals surface area contributed by atoms with Gasteiger partial charge in [-0.1, -0.05) is 12.1 Å².